The highest BCUT2D eigenvalue weighted by Crippen LogP contribution is 2.39. The van der Waals surface area contributed by atoms with Gasteiger partial charge in [-0.1, -0.05) is 63.4 Å². The van der Waals surface area contributed by atoms with Gasteiger partial charge < -0.3 is 14.5 Å². The number of nitrogens with zero attached hydrogens (tertiary/aromatic N) is 3. The van der Waals surface area contributed by atoms with Gasteiger partial charge in [0.1, 0.15) is 5.75 Å². The predicted molar refractivity (Wildman–Crippen MR) is 178 cm³/mol. The second kappa shape index (κ2) is 15.1. The first-order chi connectivity index (χ1) is 20.9. The van der Waals surface area contributed by atoms with Crippen molar-refractivity contribution in [1.82, 2.24) is 14.7 Å². The number of rotatable bonds is 11. The summed E-state index contributed by atoms with van der Waals surface area (Å²) in [5, 5.41) is 0. The van der Waals surface area contributed by atoms with Crippen LogP contribution in [-0.4, -0.2) is 78.6 Å². The number of ether oxygens (including phenoxy) is 1. The first-order valence-corrected chi connectivity index (χ1v) is 17.5. The van der Waals surface area contributed by atoms with Crippen LogP contribution in [0.1, 0.15) is 101 Å². The second-order valence-corrected chi connectivity index (χ2v) is 13.8. The van der Waals surface area contributed by atoms with Crippen LogP contribution in [0.5, 0.6) is 5.75 Å². The zero-order chi connectivity index (χ0) is 30.2. The van der Waals surface area contributed by atoms with Crippen LogP contribution >= 0.6 is 0 Å². The molecule has 236 valence electrons. The number of piperazine rings is 1. The molecule has 2 heterocycles. The smallest absolute Gasteiger partial charge is 0.227 e. The Kier molecular flexibility index (Phi) is 11.2. The molecule has 1 atom stereocenters. The average Bonchev–Trinajstić information content (AvgIpc) is 3.04. The lowest BCUT2D eigenvalue weighted by Gasteiger charge is -2.46. The Hall–Kier alpha value is -2.37. The highest BCUT2D eigenvalue weighted by Gasteiger charge is 2.39. The monoisotopic (exact) mass is 587 g/mol. The molecular formula is C38H57N3O2. The van der Waals surface area contributed by atoms with Gasteiger partial charge in [0.25, 0.3) is 0 Å². The van der Waals surface area contributed by atoms with Crippen molar-refractivity contribution in [1.29, 1.82) is 0 Å². The minimum absolute atomic E-state index is 0.00715. The Bertz CT molecular complexity index is 1180. The third-order valence-electron chi connectivity index (χ3n) is 10.5. The van der Waals surface area contributed by atoms with Crippen LogP contribution in [-0.2, 0) is 29.5 Å². The maximum Gasteiger partial charge on any atom is 0.227 e. The molecule has 1 aliphatic carbocycles. The van der Waals surface area contributed by atoms with Crippen molar-refractivity contribution in [2.75, 3.05) is 45.8 Å². The lowest BCUT2D eigenvalue weighted by Crippen LogP contribution is -2.53. The van der Waals surface area contributed by atoms with Gasteiger partial charge >= 0.3 is 0 Å². The largest absolute Gasteiger partial charge is 0.491 e. The topological polar surface area (TPSA) is 36.0 Å². The molecular weight excluding hydrogens is 530 g/mol. The molecule has 0 N–H and O–H groups in total. The van der Waals surface area contributed by atoms with E-state index in [1.165, 1.54) is 75.0 Å². The van der Waals surface area contributed by atoms with Crippen molar-refractivity contribution < 1.29 is 9.53 Å². The Morgan fingerprint density at radius 3 is 2.40 bits per heavy atom. The number of hydrogen-bond donors (Lipinski definition) is 0. The highest BCUT2D eigenvalue weighted by molar-refractivity contribution is 5.79. The number of carbonyl (C=O) groups excluding carboxylic acids is 1. The van der Waals surface area contributed by atoms with E-state index in [0.29, 0.717) is 6.42 Å². The summed E-state index contributed by atoms with van der Waals surface area (Å²) in [7, 11) is 0. The molecule has 3 aliphatic rings. The summed E-state index contributed by atoms with van der Waals surface area (Å²) in [4.78, 5) is 21.5. The molecule has 2 saturated heterocycles. The van der Waals surface area contributed by atoms with Crippen molar-refractivity contribution in [2.45, 2.75) is 116 Å². The SMILES string of the molecule is CCc1ccc(C2(CCN3CCN(C4CCCCC4)CC3)CCCN(C(=O)Cc3cccc(OC(C)C)c3)C2)cc1CC. The summed E-state index contributed by atoms with van der Waals surface area (Å²) in [6.45, 7) is 16.2. The zero-order valence-corrected chi connectivity index (χ0v) is 27.6. The van der Waals surface area contributed by atoms with Gasteiger partial charge in [-0.3, -0.25) is 9.69 Å². The van der Waals surface area contributed by atoms with Gasteiger partial charge in [0.05, 0.1) is 12.5 Å². The Labute approximate surface area is 262 Å². The molecule has 0 aromatic heterocycles. The van der Waals surface area contributed by atoms with E-state index in [1.807, 2.05) is 32.0 Å². The lowest BCUT2D eigenvalue weighted by molar-refractivity contribution is -0.132. The van der Waals surface area contributed by atoms with Crippen molar-refractivity contribution >= 4 is 5.91 Å². The van der Waals surface area contributed by atoms with E-state index in [9.17, 15) is 4.79 Å². The third-order valence-corrected chi connectivity index (χ3v) is 10.5. The normalized spacial score (nSPS) is 22.7. The molecule has 1 unspecified atom stereocenters. The number of likely N-dealkylation sites (tertiary alicyclic amines) is 1. The lowest BCUT2D eigenvalue weighted by atomic mass is 9.70. The summed E-state index contributed by atoms with van der Waals surface area (Å²) >= 11 is 0. The number of piperidine rings is 1. The molecule has 0 bridgehead atoms. The quantitative estimate of drug-likeness (QED) is 0.283. The molecule has 2 aromatic carbocycles. The van der Waals surface area contributed by atoms with E-state index in [0.717, 1.165) is 69.1 Å². The van der Waals surface area contributed by atoms with E-state index in [4.69, 9.17) is 4.74 Å². The summed E-state index contributed by atoms with van der Waals surface area (Å²) < 4.78 is 5.91. The molecule has 0 radical (unpaired) electrons. The van der Waals surface area contributed by atoms with Gasteiger partial charge in [-0.25, -0.2) is 0 Å². The first kappa shape index (κ1) is 32.0. The fourth-order valence-electron chi connectivity index (χ4n) is 8.02. The number of aryl methyl sites for hydroxylation is 2. The molecule has 5 nitrogen and oxygen atoms in total. The van der Waals surface area contributed by atoms with Crippen LogP contribution in [0.25, 0.3) is 0 Å². The van der Waals surface area contributed by atoms with Crippen molar-refractivity contribution in [3.05, 3.63) is 64.7 Å². The van der Waals surface area contributed by atoms with Crippen LogP contribution in [0, 0.1) is 0 Å². The molecule has 3 fully saturated rings. The van der Waals surface area contributed by atoms with Gasteiger partial charge in [0, 0.05) is 50.7 Å². The van der Waals surface area contributed by atoms with Crippen LogP contribution < -0.4 is 4.74 Å². The van der Waals surface area contributed by atoms with Gasteiger partial charge in [0.2, 0.25) is 5.91 Å². The van der Waals surface area contributed by atoms with Crippen LogP contribution in [0.15, 0.2) is 42.5 Å². The number of hydrogen-bond acceptors (Lipinski definition) is 4. The summed E-state index contributed by atoms with van der Waals surface area (Å²) in [6.07, 6.45) is 13.1. The van der Waals surface area contributed by atoms with E-state index < -0.39 is 0 Å². The van der Waals surface area contributed by atoms with Crippen LogP contribution in [0.3, 0.4) is 0 Å². The summed E-state index contributed by atoms with van der Waals surface area (Å²) in [6, 6.07) is 16.2. The van der Waals surface area contributed by atoms with E-state index in [2.05, 4.69) is 52.8 Å². The Morgan fingerprint density at radius 2 is 1.67 bits per heavy atom. The third kappa shape index (κ3) is 8.22. The first-order valence-electron chi connectivity index (χ1n) is 17.5. The van der Waals surface area contributed by atoms with Crippen molar-refractivity contribution in [3.63, 3.8) is 0 Å². The molecule has 0 spiro atoms. The Morgan fingerprint density at radius 1 is 0.907 bits per heavy atom. The second-order valence-electron chi connectivity index (χ2n) is 13.8. The molecule has 5 heteroatoms. The fraction of sp³-hybridized carbons (Fsp3) is 0.658. The van der Waals surface area contributed by atoms with Gasteiger partial charge in [-0.15, -0.1) is 0 Å². The average molecular weight is 588 g/mol. The van der Waals surface area contributed by atoms with Gasteiger partial charge in [-0.2, -0.15) is 0 Å². The summed E-state index contributed by atoms with van der Waals surface area (Å²) in [5.74, 6) is 1.09. The number of benzene rings is 2. The van der Waals surface area contributed by atoms with E-state index >= 15 is 0 Å². The summed E-state index contributed by atoms with van der Waals surface area (Å²) in [5.41, 5.74) is 5.44. The highest BCUT2D eigenvalue weighted by atomic mass is 16.5. The van der Waals surface area contributed by atoms with E-state index in [1.54, 1.807) is 0 Å². The standard InChI is InChI=1S/C38H57N3O2/c1-5-32-16-17-34(28-33(32)6-2)38(19-21-39-22-24-40(25-23-39)35-13-8-7-9-14-35)18-11-20-41(29-38)37(42)27-31-12-10-15-36(26-31)43-30(3)4/h10,12,15-17,26,28,30,35H,5-9,11,13-14,18-25,27,29H2,1-4H3. The number of carbonyl (C=O) groups is 1. The molecule has 1 amide bonds. The van der Waals surface area contributed by atoms with Crippen LogP contribution in [0.4, 0.5) is 0 Å². The maximum absolute atomic E-state index is 13.8. The fourth-order valence-corrected chi connectivity index (χ4v) is 8.02. The zero-order valence-electron chi connectivity index (χ0n) is 27.6. The Balaban J connectivity index is 1.30. The molecule has 1 saturated carbocycles. The number of amides is 1. The van der Waals surface area contributed by atoms with Crippen LogP contribution in [0.2, 0.25) is 0 Å². The molecule has 2 aromatic rings. The predicted octanol–water partition coefficient (Wildman–Crippen LogP) is 7.04. The van der Waals surface area contributed by atoms with Crippen molar-refractivity contribution in [2.24, 2.45) is 0 Å². The minimum atomic E-state index is 0.00715. The molecule has 43 heavy (non-hydrogen) atoms. The minimum Gasteiger partial charge on any atom is -0.491 e. The van der Waals surface area contributed by atoms with Crippen molar-refractivity contribution in [3.8, 4) is 5.75 Å². The maximum atomic E-state index is 13.8. The molecule has 2 aliphatic heterocycles. The molecule has 5 rings (SSSR count). The van der Waals surface area contributed by atoms with Gasteiger partial charge in [-0.05, 0) is 99.7 Å². The van der Waals surface area contributed by atoms with Gasteiger partial charge in [0.15, 0.2) is 0 Å². The van der Waals surface area contributed by atoms with E-state index in [-0.39, 0.29) is 17.4 Å².